The standard InChI is InChI=1S/C13H22N2O3S/c1-10(2)15(4)19(16,17)12-6-7-13(18-5)11(8-12)9-14-3/h6-8,10,14H,9H2,1-5H3. The normalized spacial score (nSPS) is 12.2. The molecule has 5 nitrogen and oxygen atoms in total. The summed E-state index contributed by atoms with van der Waals surface area (Å²) in [6.07, 6.45) is 0. The van der Waals surface area contributed by atoms with E-state index in [0.717, 1.165) is 5.56 Å². The molecule has 1 aromatic rings. The molecule has 1 aromatic carbocycles. The second kappa shape index (κ2) is 6.36. The first kappa shape index (κ1) is 15.9. The summed E-state index contributed by atoms with van der Waals surface area (Å²) in [5.74, 6) is 0.681. The zero-order valence-corrected chi connectivity index (χ0v) is 12.9. The van der Waals surface area contributed by atoms with E-state index in [4.69, 9.17) is 4.74 Å². The van der Waals surface area contributed by atoms with Gasteiger partial charge in [-0.1, -0.05) is 0 Å². The third kappa shape index (κ3) is 3.46. The average molecular weight is 286 g/mol. The van der Waals surface area contributed by atoms with Crippen LogP contribution in [-0.4, -0.2) is 40.0 Å². The summed E-state index contributed by atoms with van der Waals surface area (Å²) in [6, 6.07) is 4.84. The molecule has 0 radical (unpaired) electrons. The zero-order chi connectivity index (χ0) is 14.6. The summed E-state index contributed by atoms with van der Waals surface area (Å²) in [7, 11) is 1.51. The second-order valence-electron chi connectivity index (χ2n) is 4.62. The van der Waals surface area contributed by atoms with Gasteiger partial charge in [-0.15, -0.1) is 0 Å². The van der Waals surface area contributed by atoms with Crippen molar-refractivity contribution in [2.45, 2.75) is 31.3 Å². The maximum atomic E-state index is 12.4. The van der Waals surface area contributed by atoms with E-state index in [0.29, 0.717) is 12.3 Å². The molecule has 19 heavy (non-hydrogen) atoms. The van der Waals surface area contributed by atoms with Crippen LogP contribution in [0.2, 0.25) is 0 Å². The SMILES string of the molecule is CNCc1cc(S(=O)(=O)N(C)C(C)C)ccc1OC. The van der Waals surface area contributed by atoms with Gasteiger partial charge in [0.1, 0.15) is 5.75 Å². The van der Waals surface area contributed by atoms with Gasteiger partial charge in [0.05, 0.1) is 12.0 Å². The number of nitrogens with one attached hydrogen (secondary N) is 1. The van der Waals surface area contributed by atoms with Crippen LogP contribution in [0.3, 0.4) is 0 Å². The Labute approximate surface area is 115 Å². The zero-order valence-electron chi connectivity index (χ0n) is 12.1. The van der Waals surface area contributed by atoms with E-state index in [1.807, 2.05) is 13.8 Å². The Balaban J connectivity index is 3.25. The predicted octanol–water partition coefficient (Wildman–Crippen LogP) is 1.44. The van der Waals surface area contributed by atoms with Crippen LogP contribution in [0.15, 0.2) is 23.1 Å². The van der Waals surface area contributed by atoms with Crippen molar-refractivity contribution in [1.82, 2.24) is 9.62 Å². The number of rotatable bonds is 6. The quantitative estimate of drug-likeness (QED) is 0.860. The molecule has 6 heteroatoms. The fraction of sp³-hybridized carbons (Fsp3) is 0.538. The van der Waals surface area contributed by atoms with E-state index >= 15 is 0 Å². The molecule has 0 saturated heterocycles. The molecule has 1 N–H and O–H groups in total. The van der Waals surface area contributed by atoms with Gasteiger partial charge < -0.3 is 10.1 Å². The topological polar surface area (TPSA) is 58.6 Å². The summed E-state index contributed by atoms with van der Waals surface area (Å²) in [5, 5.41) is 3.00. The molecule has 0 atom stereocenters. The highest BCUT2D eigenvalue weighted by atomic mass is 32.2. The maximum Gasteiger partial charge on any atom is 0.243 e. The van der Waals surface area contributed by atoms with Crippen LogP contribution < -0.4 is 10.1 Å². The Bertz CT molecular complexity index is 527. The first-order valence-electron chi connectivity index (χ1n) is 6.14. The lowest BCUT2D eigenvalue weighted by atomic mass is 10.2. The van der Waals surface area contributed by atoms with Crippen molar-refractivity contribution in [3.05, 3.63) is 23.8 Å². The predicted molar refractivity (Wildman–Crippen MR) is 75.8 cm³/mol. The van der Waals surface area contributed by atoms with Gasteiger partial charge in [-0.2, -0.15) is 4.31 Å². The number of methoxy groups -OCH3 is 1. The lowest BCUT2D eigenvalue weighted by Gasteiger charge is -2.21. The molecule has 0 aromatic heterocycles. The maximum absolute atomic E-state index is 12.4. The van der Waals surface area contributed by atoms with Gasteiger partial charge in [0.2, 0.25) is 10.0 Å². The minimum atomic E-state index is -3.45. The number of hydrogen-bond acceptors (Lipinski definition) is 4. The minimum absolute atomic E-state index is 0.0835. The van der Waals surface area contributed by atoms with E-state index in [9.17, 15) is 8.42 Å². The van der Waals surface area contributed by atoms with E-state index in [2.05, 4.69) is 5.32 Å². The van der Waals surface area contributed by atoms with Crippen LogP contribution in [0.25, 0.3) is 0 Å². The van der Waals surface area contributed by atoms with E-state index in [-0.39, 0.29) is 10.9 Å². The molecule has 0 aliphatic heterocycles. The smallest absolute Gasteiger partial charge is 0.243 e. The highest BCUT2D eigenvalue weighted by molar-refractivity contribution is 7.89. The molecule has 0 spiro atoms. The van der Waals surface area contributed by atoms with Crippen molar-refractivity contribution in [3.63, 3.8) is 0 Å². The summed E-state index contributed by atoms with van der Waals surface area (Å²) >= 11 is 0. The average Bonchev–Trinajstić information content (AvgIpc) is 2.37. The third-order valence-corrected chi connectivity index (χ3v) is 5.05. The molecular weight excluding hydrogens is 264 g/mol. The molecule has 1 rings (SSSR count). The fourth-order valence-corrected chi connectivity index (χ4v) is 3.11. The third-order valence-electron chi connectivity index (χ3n) is 3.02. The fourth-order valence-electron chi connectivity index (χ4n) is 1.69. The van der Waals surface area contributed by atoms with Crippen LogP contribution in [-0.2, 0) is 16.6 Å². The van der Waals surface area contributed by atoms with Crippen molar-refractivity contribution in [1.29, 1.82) is 0 Å². The van der Waals surface area contributed by atoms with Gasteiger partial charge in [0.25, 0.3) is 0 Å². The van der Waals surface area contributed by atoms with Crippen LogP contribution in [0.4, 0.5) is 0 Å². The van der Waals surface area contributed by atoms with Crippen molar-refractivity contribution < 1.29 is 13.2 Å². The Hall–Kier alpha value is -1.11. The van der Waals surface area contributed by atoms with Crippen molar-refractivity contribution in [3.8, 4) is 5.75 Å². The van der Waals surface area contributed by atoms with Gasteiger partial charge in [-0.3, -0.25) is 0 Å². The molecule has 0 bridgehead atoms. The van der Waals surface area contributed by atoms with Crippen LogP contribution in [0, 0.1) is 0 Å². The number of nitrogens with zero attached hydrogens (tertiary/aromatic N) is 1. The Kier molecular flexibility index (Phi) is 5.34. The van der Waals surface area contributed by atoms with Gasteiger partial charge in [-0.25, -0.2) is 8.42 Å². The van der Waals surface area contributed by atoms with Crippen LogP contribution >= 0.6 is 0 Å². The van der Waals surface area contributed by atoms with Crippen molar-refractivity contribution in [2.24, 2.45) is 0 Å². The van der Waals surface area contributed by atoms with Gasteiger partial charge >= 0.3 is 0 Å². The number of ether oxygens (including phenoxy) is 1. The molecule has 108 valence electrons. The van der Waals surface area contributed by atoms with Gasteiger partial charge in [-0.05, 0) is 39.1 Å². The van der Waals surface area contributed by atoms with Crippen molar-refractivity contribution >= 4 is 10.0 Å². The highest BCUT2D eigenvalue weighted by Crippen LogP contribution is 2.24. The molecule has 0 unspecified atom stereocenters. The van der Waals surface area contributed by atoms with Crippen LogP contribution in [0.1, 0.15) is 19.4 Å². The summed E-state index contributed by atoms with van der Waals surface area (Å²) in [4.78, 5) is 0.287. The first-order valence-corrected chi connectivity index (χ1v) is 7.58. The monoisotopic (exact) mass is 286 g/mol. The molecule has 0 aliphatic rings. The second-order valence-corrected chi connectivity index (χ2v) is 6.62. The van der Waals surface area contributed by atoms with Gasteiger partial charge in [0, 0.05) is 25.2 Å². The number of benzene rings is 1. The van der Waals surface area contributed by atoms with Gasteiger partial charge in [0.15, 0.2) is 0 Å². The molecule has 0 fully saturated rings. The lowest BCUT2D eigenvalue weighted by molar-refractivity contribution is 0.405. The molecular formula is C13H22N2O3S. The summed E-state index contributed by atoms with van der Waals surface area (Å²) in [5.41, 5.74) is 0.822. The van der Waals surface area contributed by atoms with E-state index in [1.165, 1.54) is 4.31 Å². The minimum Gasteiger partial charge on any atom is -0.496 e. The highest BCUT2D eigenvalue weighted by Gasteiger charge is 2.23. The number of hydrogen-bond donors (Lipinski definition) is 1. The first-order chi connectivity index (χ1) is 8.84. The van der Waals surface area contributed by atoms with E-state index < -0.39 is 10.0 Å². The number of sulfonamides is 1. The molecule has 0 heterocycles. The molecule has 0 aliphatic carbocycles. The van der Waals surface area contributed by atoms with Crippen molar-refractivity contribution in [2.75, 3.05) is 21.2 Å². The van der Waals surface area contributed by atoms with E-state index in [1.54, 1.807) is 39.4 Å². The van der Waals surface area contributed by atoms with Crippen LogP contribution in [0.5, 0.6) is 5.75 Å². The largest absolute Gasteiger partial charge is 0.496 e. The lowest BCUT2D eigenvalue weighted by Crippen LogP contribution is -2.33. The Morgan fingerprint density at radius 2 is 2.00 bits per heavy atom. The molecule has 0 saturated carbocycles. The Morgan fingerprint density at radius 1 is 1.37 bits per heavy atom. The summed E-state index contributed by atoms with van der Waals surface area (Å²) < 4.78 is 31.4. The molecule has 0 amide bonds. The Morgan fingerprint density at radius 3 is 2.47 bits per heavy atom. The summed E-state index contributed by atoms with van der Waals surface area (Å²) in [6.45, 7) is 4.24.